The Morgan fingerprint density at radius 3 is 2.63 bits per heavy atom. The Labute approximate surface area is 225 Å². The molecule has 9 heteroatoms. The highest BCUT2D eigenvalue weighted by molar-refractivity contribution is 5.85. The van der Waals surface area contributed by atoms with Gasteiger partial charge in [-0.2, -0.15) is 5.48 Å². The van der Waals surface area contributed by atoms with Gasteiger partial charge in [0.2, 0.25) is 0 Å². The average Bonchev–Trinajstić information content (AvgIpc) is 3.57. The first-order chi connectivity index (χ1) is 18.4. The Balaban J connectivity index is 0.000000491. The molecule has 0 aliphatic carbocycles. The number of ether oxygens (including phenoxy) is 1. The summed E-state index contributed by atoms with van der Waals surface area (Å²) in [5.41, 5.74) is 8.26. The zero-order valence-electron chi connectivity index (χ0n) is 23.3. The summed E-state index contributed by atoms with van der Waals surface area (Å²) in [7, 11) is 3.24. The molecule has 2 aromatic rings. The summed E-state index contributed by atoms with van der Waals surface area (Å²) in [4.78, 5) is 17.3. The van der Waals surface area contributed by atoms with Crippen LogP contribution in [0.1, 0.15) is 44.9 Å². The number of oxime groups is 1. The number of fused-ring (bicyclic) bond motifs is 1. The lowest BCUT2D eigenvalue weighted by atomic mass is 9.98. The Bertz CT molecular complexity index is 1150. The van der Waals surface area contributed by atoms with Crippen molar-refractivity contribution in [3.05, 3.63) is 84.8 Å². The molecule has 8 nitrogen and oxygen atoms in total. The Kier molecular flexibility index (Phi) is 12.6. The molecule has 0 amide bonds. The van der Waals surface area contributed by atoms with Crippen molar-refractivity contribution < 1.29 is 18.8 Å². The van der Waals surface area contributed by atoms with E-state index in [2.05, 4.69) is 58.0 Å². The molecule has 38 heavy (non-hydrogen) atoms. The van der Waals surface area contributed by atoms with Gasteiger partial charge in [0, 0.05) is 12.7 Å². The number of hydrogen-bond donors (Lipinski definition) is 1. The molecule has 0 radical (unpaired) electrons. The zero-order chi connectivity index (χ0) is 28.1. The minimum atomic E-state index is -0.218. The molecular formula is C29H40FN5O3. The maximum atomic E-state index is 11.9. The van der Waals surface area contributed by atoms with Crippen molar-refractivity contribution in [3.8, 4) is 11.4 Å². The predicted octanol–water partition coefficient (Wildman–Crippen LogP) is 6.12. The van der Waals surface area contributed by atoms with E-state index in [4.69, 9.17) is 14.4 Å². The molecule has 1 unspecified atom stereocenters. The van der Waals surface area contributed by atoms with Crippen LogP contribution >= 0.6 is 0 Å². The number of hydroxylamine groups is 1. The lowest BCUT2D eigenvalue weighted by Crippen LogP contribution is -2.46. The summed E-state index contributed by atoms with van der Waals surface area (Å²) in [5.74, 6) is 0.628. The molecule has 1 N–H and O–H groups in total. The molecule has 4 rings (SSSR count). The van der Waals surface area contributed by atoms with Gasteiger partial charge in [0.15, 0.2) is 6.23 Å². The first-order valence-electron chi connectivity index (χ1n) is 12.5. The minimum absolute atomic E-state index is 0.0257. The number of allylic oxidation sites excluding steroid dienone is 4. The van der Waals surface area contributed by atoms with E-state index in [0.717, 1.165) is 47.8 Å². The van der Waals surface area contributed by atoms with Gasteiger partial charge in [-0.1, -0.05) is 29.5 Å². The topological polar surface area (TPSA) is 73.1 Å². The SMILES string of the molecule is C/C=C\C(F)=C/C.C=C.CO/N=C(\C)[C@@H]1ONC2/C(=C/c3ccc(-n4cnc(C)c4)c(OC)c3)CCCN21. The van der Waals surface area contributed by atoms with Crippen LogP contribution in [0.2, 0.25) is 0 Å². The molecule has 206 valence electrons. The van der Waals surface area contributed by atoms with E-state index in [1.807, 2.05) is 24.6 Å². The number of nitrogens with one attached hydrogen (secondary N) is 1. The Morgan fingerprint density at radius 2 is 2.05 bits per heavy atom. The number of hydrogen-bond acceptors (Lipinski definition) is 7. The molecule has 1 aromatic heterocycles. The lowest BCUT2D eigenvalue weighted by molar-refractivity contribution is 0.0338. The molecule has 2 aliphatic rings. The first kappa shape index (κ1) is 30.7. The van der Waals surface area contributed by atoms with Gasteiger partial charge < -0.3 is 14.1 Å². The molecular weight excluding hydrogens is 485 g/mol. The molecule has 2 atom stereocenters. The van der Waals surface area contributed by atoms with E-state index in [9.17, 15) is 4.39 Å². The number of nitrogens with zero attached hydrogens (tertiary/aromatic N) is 4. The van der Waals surface area contributed by atoms with Crippen LogP contribution in [0.4, 0.5) is 4.39 Å². The molecule has 3 heterocycles. The number of piperidine rings is 1. The summed E-state index contributed by atoms with van der Waals surface area (Å²) in [6.45, 7) is 14.3. The number of methoxy groups -OCH3 is 1. The van der Waals surface area contributed by atoms with Crippen molar-refractivity contribution >= 4 is 11.8 Å². The van der Waals surface area contributed by atoms with Gasteiger partial charge in [-0.15, -0.1) is 13.2 Å². The van der Waals surface area contributed by atoms with Crippen LogP contribution in [0.25, 0.3) is 11.8 Å². The summed E-state index contributed by atoms with van der Waals surface area (Å²) in [6.07, 6.45) is 12.4. The fourth-order valence-corrected chi connectivity index (χ4v) is 4.22. The molecule has 2 saturated heterocycles. The maximum Gasteiger partial charge on any atom is 0.175 e. The molecule has 0 bridgehead atoms. The fraction of sp³-hybridized carbons (Fsp3) is 0.379. The first-order valence-corrected chi connectivity index (χ1v) is 12.5. The largest absolute Gasteiger partial charge is 0.495 e. The monoisotopic (exact) mass is 525 g/mol. The van der Waals surface area contributed by atoms with E-state index >= 15 is 0 Å². The Hall–Kier alpha value is -3.53. The van der Waals surface area contributed by atoms with E-state index in [1.165, 1.54) is 17.7 Å². The molecule has 0 saturated carbocycles. The standard InChI is InChI=1S/C21H27N5O3.C6H9F.C2H4/c1-14-12-25(13-22-14)18-8-7-16(11-19(18)27-3)10-17-6-5-9-26-20(17)24-29-21(26)15(2)23-28-4;1-3-5-6(7)4-2;1-2/h7-8,10-13,20-21,24H,5-6,9H2,1-4H3;3-5H,1-2H3;1-2H2/b17-10+,23-15+;5-3-,6-4+;/t20?,21-;;/m0../s1. The number of benzene rings is 1. The summed E-state index contributed by atoms with van der Waals surface area (Å²) >= 11 is 0. The van der Waals surface area contributed by atoms with Gasteiger partial charge >= 0.3 is 0 Å². The second kappa shape index (κ2) is 15.7. The highest BCUT2D eigenvalue weighted by atomic mass is 19.1. The number of imidazole rings is 1. The molecule has 2 aliphatic heterocycles. The summed E-state index contributed by atoms with van der Waals surface area (Å²) in [5, 5.41) is 4.04. The van der Waals surface area contributed by atoms with Gasteiger partial charge in [-0.25, -0.2) is 9.37 Å². The minimum Gasteiger partial charge on any atom is -0.495 e. The van der Waals surface area contributed by atoms with E-state index < -0.39 is 0 Å². The summed E-state index contributed by atoms with van der Waals surface area (Å²) in [6, 6.07) is 6.22. The maximum absolute atomic E-state index is 11.9. The zero-order valence-corrected chi connectivity index (χ0v) is 23.3. The van der Waals surface area contributed by atoms with Crippen LogP contribution in [0.15, 0.2) is 78.7 Å². The van der Waals surface area contributed by atoms with Crippen molar-refractivity contribution in [2.75, 3.05) is 20.8 Å². The number of rotatable bonds is 6. The third-order valence-electron chi connectivity index (χ3n) is 5.90. The number of halogens is 1. The van der Waals surface area contributed by atoms with E-state index in [1.54, 1.807) is 40.5 Å². The van der Waals surface area contributed by atoms with Crippen molar-refractivity contribution in [3.63, 3.8) is 0 Å². The van der Waals surface area contributed by atoms with Crippen LogP contribution in [0, 0.1) is 6.92 Å². The van der Waals surface area contributed by atoms with E-state index in [-0.39, 0.29) is 18.2 Å². The Morgan fingerprint density at radius 1 is 1.29 bits per heavy atom. The van der Waals surface area contributed by atoms with Crippen LogP contribution in [0.3, 0.4) is 0 Å². The highest BCUT2D eigenvalue weighted by Crippen LogP contribution is 2.31. The van der Waals surface area contributed by atoms with Crippen molar-refractivity contribution in [1.82, 2.24) is 19.9 Å². The van der Waals surface area contributed by atoms with Crippen LogP contribution in [0.5, 0.6) is 5.75 Å². The second-order valence-electron chi connectivity index (χ2n) is 8.49. The highest BCUT2D eigenvalue weighted by Gasteiger charge is 2.40. The quantitative estimate of drug-likeness (QED) is 0.212. The smallest absolute Gasteiger partial charge is 0.175 e. The van der Waals surface area contributed by atoms with E-state index in [0.29, 0.717) is 0 Å². The fourth-order valence-electron chi connectivity index (χ4n) is 4.22. The van der Waals surface area contributed by atoms with Gasteiger partial charge in [0.05, 0.1) is 30.5 Å². The van der Waals surface area contributed by atoms with Crippen LogP contribution in [-0.2, 0) is 9.68 Å². The summed E-state index contributed by atoms with van der Waals surface area (Å²) < 4.78 is 19.5. The second-order valence-corrected chi connectivity index (χ2v) is 8.49. The number of aromatic nitrogens is 2. The van der Waals surface area contributed by atoms with Crippen molar-refractivity contribution in [2.45, 2.75) is 52.9 Å². The van der Waals surface area contributed by atoms with Crippen molar-refractivity contribution in [1.29, 1.82) is 0 Å². The van der Waals surface area contributed by atoms with Crippen LogP contribution in [-0.4, -0.2) is 53.3 Å². The predicted molar refractivity (Wildman–Crippen MR) is 152 cm³/mol. The number of aryl methyl sites for hydroxylation is 1. The lowest BCUT2D eigenvalue weighted by Gasteiger charge is -2.32. The third kappa shape index (κ3) is 7.98. The van der Waals surface area contributed by atoms with Gasteiger partial charge in [-0.05, 0) is 69.9 Å². The van der Waals surface area contributed by atoms with Gasteiger partial charge in [0.25, 0.3) is 0 Å². The van der Waals surface area contributed by atoms with Crippen LogP contribution < -0.4 is 10.2 Å². The normalized spacial score (nSPS) is 20.9. The third-order valence-corrected chi connectivity index (χ3v) is 5.90. The van der Waals surface area contributed by atoms with Crippen molar-refractivity contribution in [2.24, 2.45) is 5.16 Å². The van der Waals surface area contributed by atoms with Gasteiger partial charge in [0.1, 0.15) is 24.9 Å². The molecule has 0 spiro atoms. The molecule has 2 fully saturated rings. The average molecular weight is 526 g/mol. The molecule has 1 aromatic carbocycles. The van der Waals surface area contributed by atoms with Gasteiger partial charge in [-0.3, -0.25) is 9.74 Å².